The fraction of sp³-hybridized carbons (Fsp3) is 0.500. The molecule has 1 aromatic rings. The van der Waals surface area contributed by atoms with E-state index in [1.54, 1.807) is 12.1 Å². The lowest BCUT2D eigenvalue weighted by molar-refractivity contribution is 0.469. The van der Waals surface area contributed by atoms with Gasteiger partial charge in [-0.2, -0.15) is 12.7 Å². The molecular weight excluding hydrogens is 307 g/mol. The van der Waals surface area contributed by atoms with Gasteiger partial charge < -0.3 is 0 Å². The lowest BCUT2D eigenvalue weighted by atomic mass is 9.85. The zero-order chi connectivity index (χ0) is 14.8. The van der Waals surface area contributed by atoms with E-state index in [1.165, 1.54) is 14.1 Å². The van der Waals surface area contributed by atoms with Gasteiger partial charge in [-0.1, -0.05) is 43.1 Å². The van der Waals surface area contributed by atoms with E-state index >= 15 is 0 Å². The van der Waals surface area contributed by atoms with Crippen LogP contribution in [0.5, 0.6) is 0 Å². The Balaban J connectivity index is 2.93. The Labute approximate surface area is 124 Å². The fourth-order valence-electron chi connectivity index (χ4n) is 1.53. The number of nitrogens with zero attached hydrogens (tertiary/aromatic N) is 1. The highest BCUT2D eigenvalue weighted by molar-refractivity contribution is 7.87. The van der Waals surface area contributed by atoms with Crippen LogP contribution in [0.2, 0.25) is 10.0 Å². The van der Waals surface area contributed by atoms with Crippen molar-refractivity contribution in [3.8, 4) is 0 Å². The summed E-state index contributed by atoms with van der Waals surface area (Å²) in [4.78, 5) is 0. The Morgan fingerprint density at radius 1 is 1.26 bits per heavy atom. The van der Waals surface area contributed by atoms with E-state index in [0.717, 1.165) is 9.87 Å². The van der Waals surface area contributed by atoms with Crippen LogP contribution in [-0.2, 0) is 15.6 Å². The molecule has 0 atom stereocenters. The number of nitrogens with one attached hydrogen (secondary N) is 1. The molecule has 1 aromatic carbocycles. The van der Waals surface area contributed by atoms with E-state index in [0.29, 0.717) is 10.0 Å². The predicted molar refractivity (Wildman–Crippen MR) is 80.1 cm³/mol. The SMILES string of the molecule is CN(C)S(=O)(=O)NCC(C)(C)c1ccc(Cl)cc1Cl. The minimum Gasteiger partial charge on any atom is -0.201 e. The predicted octanol–water partition coefficient (Wildman–Crippen LogP) is 2.67. The maximum atomic E-state index is 11.7. The molecule has 0 aliphatic carbocycles. The van der Waals surface area contributed by atoms with Crippen LogP contribution in [0.1, 0.15) is 19.4 Å². The largest absolute Gasteiger partial charge is 0.278 e. The Hall–Kier alpha value is -0.330. The van der Waals surface area contributed by atoms with Crippen molar-refractivity contribution >= 4 is 33.4 Å². The van der Waals surface area contributed by atoms with Crippen molar-refractivity contribution in [2.45, 2.75) is 19.3 Å². The molecule has 1 N–H and O–H groups in total. The molecule has 1 rings (SSSR count). The monoisotopic (exact) mass is 324 g/mol. The van der Waals surface area contributed by atoms with Gasteiger partial charge in [0.25, 0.3) is 10.2 Å². The minimum absolute atomic E-state index is 0.245. The molecule has 0 amide bonds. The molecule has 0 fully saturated rings. The van der Waals surface area contributed by atoms with Crippen LogP contribution in [-0.4, -0.2) is 33.4 Å². The number of halogens is 2. The van der Waals surface area contributed by atoms with E-state index < -0.39 is 15.6 Å². The van der Waals surface area contributed by atoms with E-state index in [4.69, 9.17) is 23.2 Å². The molecule has 0 aliphatic rings. The van der Waals surface area contributed by atoms with E-state index in [2.05, 4.69) is 4.72 Å². The molecule has 4 nitrogen and oxygen atoms in total. The third-order valence-corrected chi connectivity index (χ3v) is 4.86. The highest BCUT2D eigenvalue weighted by Gasteiger charge is 2.26. The first-order valence-corrected chi connectivity index (χ1v) is 7.88. The Kier molecular flexibility index (Phi) is 5.26. The summed E-state index contributed by atoms with van der Waals surface area (Å²) in [7, 11) is -0.493. The second-order valence-electron chi connectivity index (χ2n) is 5.12. The van der Waals surface area contributed by atoms with E-state index in [1.807, 2.05) is 19.9 Å². The van der Waals surface area contributed by atoms with E-state index in [-0.39, 0.29) is 6.54 Å². The normalized spacial score (nSPS) is 13.0. The second-order valence-corrected chi connectivity index (χ2v) is 7.93. The van der Waals surface area contributed by atoms with Crippen LogP contribution < -0.4 is 4.72 Å². The van der Waals surface area contributed by atoms with Crippen LogP contribution in [0.4, 0.5) is 0 Å². The number of hydrogen-bond donors (Lipinski definition) is 1. The van der Waals surface area contributed by atoms with Crippen LogP contribution in [0.25, 0.3) is 0 Å². The number of benzene rings is 1. The van der Waals surface area contributed by atoms with Gasteiger partial charge in [0, 0.05) is 36.1 Å². The molecule has 0 aliphatic heterocycles. The molecule has 0 saturated heterocycles. The van der Waals surface area contributed by atoms with Crippen LogP contribution in [0.15, 0.2) is 18.2 Å². The van der Waals surface area contributed by atoms with Gasteiger partial charge >= 0.3 is 0 Å². The van der Waals surface area contributed by atoms with Gasteiger partial charge in [0.2, 0.25) is 0 Å². The molecular formula is C12H18Cl2N2O2S. The molecule has 0 heterocycles. The lowest BCUT2D eigenvalue weighted by Gasteiger charge is -2.27. The lowest BCUT2D eigenvalue weighted by Crippen LogP contribution is -2.42. The van der Waals surface area contributed by atoms with Crippen molar-refractivity contribution in [3.63, 3.8) is 0 Å². The standard InChI is InChI=1S/C12H18Cl2N2O2S/c1-12(2,8-15-19(17,18)16(3)4)10-6-5-9(13)7-11(10)14/h5-7,15H,8H2,1-4H3. The minimum atomic E-state index is -3.45. The Bertz CT molecular complexity index is 557. The van der Waals surface area contributed by atoms with Crippen molar-refractivity contribution in [2.75, 3.05) is 20.6 Å². The highest BCUT2D eigenvalue weighted by atomic mass is 35.5. The molecule has 0 saturated carbocycles. The van der Waals surface area contributed by atoms with Crippen LogP contribution >= 0.6 is 23.2 Å². The summed E-state index contributed by atoms with van der Waals surface area (Å²) in [5.41, 5.74) is 0.408. The van der Waals surface area contributed by atoms with Crippen molar-refractivity contribution < 1.29 is 8.42 Å². The summed E-state index contributed by atoms with van der Waals surface area (Å²) in [5, 5.41) is 1.08. The Morgan fingerprint density at radius 2 is 1.84 bits per heavy atom. The summed E-state index contributed by atoms with van der Waals surface area (Å²) >= 11 is 12.0. The maximum absolute atomic E-state index is 11.7. The highest BCUT2D eigenvalue weighted by Crippen LogP contribution is 2.31. The first kappa shape index (κ1) is 16.7. The molecule has 7 heteroatoms. The van der Waals surface area contributed by atoms with Gasteiger partial charge in [-0.25, -0.2) is 4.72 Å². The van der Waals surface area contributed by atoms with Gasteiger partial charge in [-0.05, 0) is 17.7 Å². The summed E-state index contributed by atoms with van der Waals surface area (Å²) in [6.07, 6.45) is 0. The summed E-state index contributed by atoms with van der Waals surface area (Å²) in [6, 6.07) is 5.21. The fourth-order valence-corrected chi connectivity index (χ4v) is 3.00. The second kappa shape index (κ2) is 5.97. The molecule has 108 valence electrons. The third kappa shape index (κ3) is 4.33. The molecule has 0 bridgehead atoms. The molecule has 0 radical (unpaired) electrons. The maximum Gasteiger partial charge on any atom is 0.278 e. The van der Waals surface area contributed by atoms with Gasteiger partial charge in [-0.3, -0.25) is 0 Å². The topological polar surface area (TPSA) is 49.4 Å². The van der Waals surface area contributed by atoms with Gasteiger partial charge in [0.15, 0.2) is 0 Å². The van der Waals surface area contributed by atoms with Gasteiger partial charge in [0.1, 0.15) is 0 Å². The summed E-state index contributed by atoms with van der Waals surface area (Å²) in [6.45, 7) is 4.08. The quantitative estimate of drug-likeness (QED) is 0.905. The number of rotatable bonds is 5. The summed E-state index contributed by atoms with van der Waals surface area (Å²) in [5.74, 6) is 0. The van der Waals surface area contributed by atoms with Crippen molar-refractivity contribution in [3.05, 3.63) is 33.8 Å². The number of hydrogen-bond acceptors (Lipinski definition) is 2. The van der Waals surface area contributed by atoms with Crippen LogP contribution in [0.3, 0.4) is 0 Å². The first-order chi connectivity index (χ1) is 8.56. The Morgan fingerprint density at radius 3 is 2.32 bits per heavy atom. The van der Waals surface area contributed by atoms with Crippen LogP contribution in [0, 0.1) is 0 Å². The molecule has 0 aromatic heterocycles. The average molecular weight is 325 g/mol. The van der Waals surface area contributed by atoms with Crippen molar-refractivity contribution in [1.29, 1.82) is 0 Å². The van der Waals surface area contributed by atoms with Crippen molar-refractivity contribution in [1.82, 2.24) is 9.03 Å². The zero-order valence-corrected chi connectivity index (χ0v) is 13.7. The van der Waals surface area contributed by atoms with E-state index in [9.17, 15) is 8.42 Å². The molecule has 0 unspecified atom stereocenters. The van der Waals surface area contributed by atoms with Crippen molar-refractivity contribution in [2.24, 2.45) is 0 Å². The smallest absolute Gasteiger partial charge is 0.201 e. The first-order valence-electron chi connectivity index (χ1n) is 5.69. The molecule has 0 spiro atoms. The summed E-state index contributed by atoms with van der Waals surface area (Å²) < 4.78 is 27.1. The zero-order valence-electron chi connectivity index (χ0n) is 11.4. The molecule has 19 heavy (non-hydrogen) atoms. The average Bonchev–Trinajstić information content (AvgIpc) is 2.26. The van der Waals surface area contributed by atoms with Gasteiger partial charge in [-0.15, -0.1) is 0 Å². The third-order valence-electron chi connectivity index (χ3n) is 2.84. The van der Waals surface area contributed by atoms with Gasteiger partial charge in [0.05, 0.1) is 0 Å².